The number of Topliss-reactive ketones (excluding diaryl/α,β-unsaturated/α-hetero) is 1. The number of carbonyl (C=O) groups is 1. The first kappa shape index (κ1) is 11.3. The number of nitriles is 1. The predicted octanol–water partition coefficient (Wildman–Crippen LogP) is 2.52. The third-order valence-corrected chi connectivity index (χ3v) is 4.38. The summed E-state index contributed by atoms with van der Waals surface area (Å²) in [6.45, 7) is 4.09. The summed E-state index contributed by atoms with van der Waals surface area (Å²) in [5.41, 5.74) is 1.91. The van der Waals surface area contributed by atoms with E-state index in [-0.39, 0.29) is 23.2 Å². The summed E-state index contributed by atoms with van der Waals surface area (Å²) in [6.07, 6.45) is 0.586. The van der Waals surface area contributed by atoms with Crippen molar-refractivity contribution in [2.75, 3.05) is 0 Å². The van der Waals surface area contributed by atoms with Gasteiger partial charge < -0.3 is 4.74 Å². The zero-order valence-corrected chi connectivity index (χ0v) is 10.6. The molecule has 0 bridgehead atoms. The average Bonchev–Trinajstić information content (AvgIpc) is 2.62. The maximum Gasteiger partial charge on any atom is 0.137 e. The smallest absolute Gasteiger partial charge is 0.137 e. The lowest BCUT2D eigenvalue weighted by Gasteiger charge is -2.37. The van der Waals surface area contributed by atoms with Crippen LogP contribution in [0.5, 0.6) is 5.75 Å². The fourth-order valence-electron chi connectivity index (χ4n) is 3.19. The standard InChI is InChI=1S/C15H15NO2/c1-9-3-4-13-12(5-9)15(2)10(8-16)6-11(17)7-14(15)18-13/h3-5,10,14H,6-7H2,1-2H3/t10-,14-,15+/m1/s1. The van der Waals surface area contributed by atoms with Gasteiger partial charge in [-0.1, -0.05) is 24.6 Å². The van der Waals surface area contributed by atoms with Crippen LogP contribution in [0.15, 0.2) is 18.2 Å². The van der Waals surface area contributed by atoms with E-state index in [0.29, 0.717) is 12.8 Å². The molecule has 3 rings (SSSR count). The normalized spacial score (nSPS) is 33.3. The number of carbonyl (C=O) groups excluding carboxylic acids is 1. The van der Waals surface area contributed by atoms with Crippen molar-refractivity contribution in [3.8, 4) is 11.8 Å². The van der Waals surface area contributed by atoms with Crippen molar-refractivity contribution in [1.29, 1.82) is 5.26 Å². The van der Waals surface area contributed by atoms with Gasteiger partial charge in [0.1, 0.15) is 17.6 Å². The molecular weight excluding hydrogens is 226 g/mol. The number of rotatable bonds is 0. The van der Waals surface area contributed by atoms with Crippen LogP contribution in [0.2, 0.25) is 0 Å². The monoisotopic (exact) mass is 241 g/mol. The number of aryl methyl sites for hydroxylation is 1. The zero-order valence-electron chi connectivity index (χ0n) is 10.6. The molecule has 0 unspecified atom stereocenters. The van der Waals surface area contributed by atoms with E-state index in [0.717, 1.165) is 16.9 Å². The van der Waals surface area contributed by atoms with Crippen LogP contribution >= 0.6 is 0 Å². The second kappa shape index (κ2) is 3.58. The zero-order chi connectivity index (χ0) is 12.9. The first-order valence-corrected chi connectivity index (χ1v) is 6.25. The van der Waals surface area contributed by atoms with E-state index >= 15 is 0 Å². The molecular formula is C15H15NO2. The Kier molecular flexibility index (Phi) is 2.25. The van der Waals surface area contributed by atoms with Gasteiger partial charge in [-0.25, -0.2) is 0 Å². The molecule has 0 N–H and O–H groups in total. The van der Waals surface area contributed by atoms with Gasteiger partial charge in [0.25, 0.3) is 0 Å². The first-order valence-electron chi connectivity index (χ1n) is 6.25. The number of benzene rings is 1. The highest BCUT2D eigenvalue weighted by Gasteiger charge is 2.54. The van der Waals surface area contributed by atoms with E-state index in [1.54, 1.807) is 0 Å². The highest BCUT2D eigenvalue weighted by Crippen LogP contribution is 2.52. The maximum absolute atomic E-state index is 11.7. The van der Waals surface area contributed by atoms with Gasteiger partial charge in [0.05, 0.1) is 12.0 Å². The molecule has 1 aromatic rings. The van der Waals surface area contributed by atoms with Gasteiger partial charge in [0.15, 0.2) is 0 Å². The maximum atomic E-state index is 11.7. The molecule has 1 fully saturated rings. The van der Waals surface area contributed by atoms with Crippen molar-refractivity contribution in [3.05, 3.63) is 29.3 Å². The molecule has 1 aliphatic heterocycles. The Bertz CT molecular complexity index is 572. The van der Waals surface area contributed by atoms with E-state index in [9.17, 15) is 10.1 Å². The second-order valence-electron chi connectivity index (χ2n) is 5.52. The summed E-state index contributed by atoms with van der Waals surface area (Å²) in [6, 6.07) is 8.35. The lowest BCUT2D eigenvalue weighted by molar-refractivity contribution is -0.125. The van der Waals surface area contributed by atoms with Crippen molar-refractivity contribution in [2.45, 2.75) is 38.2 Å². The Labute approximate surface area is 106 Å². The Morgan fingerprint density at radius 1 is 1.44 bits per heavy atom. The Hall–Kier alpha value is -1.82. The van der Waals surface area contributed by atoms with E-state index in [4.69, 9.17) is 4.74 Å². The van der Waals surface area contributed by atoms with Gasteiger partial charge in [-0.15, -0.1) is 0 Å². The quantitative estimate of drug-likeness (QED) is 0.701. The third kappa shape index (κ3) is 1.32. The summed E-state index contributed by atoms with van der Waals surface area (Å²) >= 11 is 0. The molecule has 0 aromatic heterocycles. The molecule has 18 heavy (non-hydrogen) atoms. The molecule has 2 aliphatic rings. The fraction of sp³-hybridized carbons (Fsp3) is 0.467. The van der Waals surface area contributed by atoms with E-state index < -0.39 is 0 Å². The average molecular weight is 241 g/mol. The summed E-state index contributed by atoms with van der Waals surface area (Å²) in [7, 11) is 0. The second-order valence-corrected chi connectivity index (χ2v) is 5.52. The minimum absolute atomic E-state index is 0.133. The lowest BCUT2D eigenvalue weighted by atomic mass is 9.63. The van der Waals surface area contributed by atoms with Crippen molar-refractivity contribution < 1.29 is 9.53 Å². The first-order chi connectivity index (χ1) is 8.55. The summed E-state index contributed by atoms with van der Waals surface area (Å²) in [4.78, 5) is 11.7. The predicted molar refractivity (Wildman–Crippen MR) is 66.3 cm³/mol. The molecule has 1 aliphatic carbocycles. The largest absolute Gasteiger partial charge is 0.489 e. The highest BCUT2D eigenvalue weighted by atomic mass is 16.5. The van der Waals surface area contributed by atoms with E-state index in [1.165, 1.54) is 0 Å². The van der Waals surface area contributed by atoms with E-state index in [2.05, 4.69) is 19.1 Å². The van der Waals surface area contributed by atoms with Crippen molar-refractivity contribution in [2.24, 2.45) is 5.92 Å². The summed E-state index contributed by atoms with van der Waals surface area (Å²) in [5, 5.41) is 9.36. The highest BCUT2D eigenvalue weighted by molar-refractivity contribution is 5.82. The fourth-order valence-corrected chi connectivity index (χ4v) is 3.19. The molecule has 0 amide bonds. The summed E-state index contributed by atoms with van der Waals surface area (Å²) in [5.74, 6) is 0.684. The van der Waals surface area contributed by atoms with Gasteiger partial charge in [-0.2, -0.15) is 5.26 Å². The number of nitrogens with zero attached hydrogens (tertiary/aromatic N) is 1. The minimum Gasteiger partial charge on any atom is -0.489 e. The lowest BCUT2D eigenvalue weighted by Crippen LogP contribution is -2.47. The van der Waals surface area contributed by atoms with Crippen LogP contribution in [0.1, 0.15) is 30.9 Å². The van der Waals surface area contributed by atoms with Crippen LogP contribution in [-0.4, -0.2) is 11.9 Å². The van der Waals surface area contributed by atoms with Crippen LogP contribution in [0, 0.1) is 24.2 Å². The molecule has 0 spiro atoms. The van der Waals surface area contributed by atoms with Gasteiger partial charge in [-0.05, 0) is 13.0 Å². The van der Waals surface area contributed by atoms with Crippen LogP contribution in [-0.2, 0) is 10.2 Å². The Balaban J connectivity index is 2.16. The molecule has 1 saturated carbocycles. The number of ether oxygens (including phenoxy) is 1. The molecule has 0 radical (unpaired) electrons. The minimum atomic E-state index is -0.343. The van der Waals surface area contributed by atoms with Crippen LogP contribution in [0.4, 0.5) is 0 Å². The van der Waals surface area contributed by atoms with E-state index in [1.807, 2.05) is 19.1 Å². The number of fused-ring (bicyclic) bond motifs is 3. The topological polar surface area (TPSA) is 50.1 Å². The molecule has 1 aromatic carbocycles. The number of hydrogen-bond acceptors (Lipinski definition) is 3. The van der Waals surface area contributed by atoms with Crippen LogP contribution in [0.3, 0.4) is 0 Å². The molecule has 92 valence electrons. The SMILES string of the molecule is Cc1ccc2c(c1)[C@]1(C)[C@@H](C#N)CC(=O)C[C@H]1O2. The number of ketones is 1. The molecule has 3 nitrogen and oxygen atoms in total. The molecule has 3 heteroatoms. The Morgan fingerprint density at radius 3 is 2.94 bits per heavy atom. The number of hydrogen-bond donors (Lipinski definition) is 0. The Morgan fingerprint density at radius 2 is 2.22 bits per heavy atom. The third-order valence-electron chi connectivity index (χ3n) is 4.38. The van der Waals surface area contributed by atoms with Crippen molar-refractivity contribution in [1.82, 2.24) is 0 Å². The molecule has 1 heterocycles. The molecule has 0 saturated heterocycles. The van der Waals surface area contributed by atoms with Gasteiger partial charge in [0, 0.05) is 23.8 Å². The van der Waals surface area contributed by atoms with Gasteiger partial charge in [0.2, 0.25) is 0 Å². The van der Waals surface area contributed by atoms with Gasteiger partial charge >= 0.3 is 0 Å². The summed E-state index contributed by atoms with van der Waals surface area (Å²) < 4.78 is 5.90. The molecule has 3 atom stereocenters. The van der Waals surface area contributed by atoms with Crippen molar-refractivity contribution >= 4 is 5.78 Å². The van der Waals surface area contributed by atoms with Gasteiger partial charge in [-0.3, -0.25) is 4.79 Å². The van der Waals surface area contributed by atoms with Crippen molar-refractivity contribution in [3.63, 3.8) is 0 Å². The van der Waals surface area contributed by atoms with Crippen LogP contribution in [0.25, 0.3) is 0 Å². The van der Waals surface area contributed by atoms with Crippen LogP contribution < -0.4 is 4.74 Å².